The van der Waals surface area contributed by atoms with Gasteiger partial charge in [0.2, 0.25) is 5.91 Å². The summed E-state index contributed by atoms with van der Waals surface area (Å²) in [4.78, 5) is 26.3. The second-order valence-corrected chi connectivity index (χ2v) is 6.73. The average Bonchev–Trinajstić information content (AvgIpc) is 3.46. The fourth-order valence-electron chi connectivity index (χ4n) is 3.36. The van der Waals surface area contributed by atoms with Crippen molar-refractivity contribution in [3.63, 3.8) is 0 Å². The highest BCUT2D eigenvalue weighted by molar-refractivity contribution is 5.94. The van der Waals surface area contributed by atoms with Crippen molar-refractivity contribution < 1.29 is 14.0 Å². The summed E-state index contributed by atoms with van der Waals surface area (Å²) < 4.78 is 7.05. The molecule has 3 heterocycles. The first-order valence-electron chi connectivity index (χ1n) is 9.48. The number of benzene rings is 1. The topological polar surface area (TPSA) is 80.4 Å². The quantitative estimate of drug-likeness (QED) is 0.641. The molecule has 2 amide bonds. The molecule has 0 radical (unpaired) electrons. The van der Waals surface area contributed by atoms with Gasteiger partial charge in [-0.15, -0.1) is 0 Å². The molecule has 1 aliphatic rings. The molecular weight excluding hydrogens is 356 g/mol. The zero-order valence-electron chi connectivity index (χ0n) is 15.5. The molecule has 0 saturated carbocycles. The highest BCUT2D eigenvalue weighted by Crippen LogP contribution is 2.22. The standard InChI is InChI=1S/C21H22N4O3/c26-20-10-4-12-24(20)13-6-11-22-21(27)18-15-17(19-9-5-14-28-19)23-25(18)16-7-2-1-3-8-16/h1-3,5,7-9,14-15H,4,6,10-13H2,(H,22,27). The number of hydrogen-bond donors (Lipinski definition) is 1. The number of likely N-dealkylation sites (tertiary alicyclic amines) is 1. The van der Waals surface area contributed by atoms with Crippen molar-refractivity contribution in [1.29, 1.82) is 0 Å². The molecule has 3 aromatic rings. The maximum Gasteiger partial charge on any atom is 0.270 e. The van der Waals surface area contributed by atoms with Crippen molar-refractivity contribution in [3.8, 4) is 17.1 Å². The third-order valence-electron chi connectivity index (χ3n) is 4.78. The van der Waals surface area contributed by atoms with Crippen LogP contribution in [-0.4, -0.2) is 46.1 Å². The van der Waals surface area contributed by atoms with Crippen molar-refractivity contribution in [1.82, 2.24) is 20.0 Å². The molecule has 2 aromatic heterocycles. The summed E-state index contributed by atoms with van der Waals surface area (Å²) in [6.07, 6.45) is 3.87. The van der Waals surface area contributed by atoms with Gasteiger partial charge in [0.05, 0.1) is 12.0 Å². The number of aromatic nitrogens is 2. The number of hydrogen-bond acceptors (Lipinski definition) is 4. The lowest BCUT2D eigenvalue weighted by Gasteiger charge is -2.15. The lowest BCUT2D eigenvalue weighted by Crippen LogP contribution is -2.31. The van der Waals surface area contributed by atoms with Gasteiger partial charge in [-0.1, -0.05) is 18.2 Å². The predicted octanol–water partition coefficient (Wildman–Crippen LogP) is 2.87. The minimum atomic E-state index is -0.207. The van der Waals surface area contributed by atoms with Crippen molar-refractivity contribution in [2.24, 2.45) is 0 Å². The second kappa shape index (κ2) is 8.12. The molecule has 1 aliphatic heterocycles. The molecule has 0 spiro atoms. The fourth-order valence-corrected chi connectivity index (χ4v) is 3.36. The summed E-state index contributed by atoms with van der Waals surface area (Å²) in [7, 11) is 0. The van der Waals surface area contributed by atoms with Crippen molar-refractivity contribution in [2.45, 2.75) is 19.3 Å². The summed E-state index contributed by atoms with van der Waals surface area (Å²) in [5.74, 6) is 0.606. The minimum absolute atomic E-state index is 0.205. The van der Waals surface area contributed by atoms with E-state index in [4.69, 9.17) is 4.42 Å². The third-order valence-corrected chi connectivity index (χ3v) is 4.78. The zero-order valence-corrected chi connectivity index (χ0v) is 15.5. The molecule has 0 bridgehead atoms. The molecule has 0 unspecified atom stereocenters. The molecule has 1 N–H and O–H groups in total. The Hall–Kier alpha value is -3.35. The van der Waals surface area contributed by atoms with E-state index >= 15 is 0 Å². The van der Waals surface area contributed by atoms with E-state index in [1.807, 2.05) is 41.3 Å². The van der Waals surface area contributed by atoms with Gasteiger partial charge in [-0.2, -0.15) is 5.10 Å². The van der Waals surface area contributed by atoms with Crippen LogP contribution >= 0.6 is 0 Å². The van der Waals surface area contributed by atoms with E-state index in [1.54, 1.807) is 23.1 Å². The normalized spacial score (nSPS) is 13.9. The second-order valence-electron chi connectivity index (χ2n) is 6.73. The van der Waals surface area contributed by atoms with Crippen molar-refractivity contribution in [2.75, 3.05) is 19.6 Å². The summed E-state index contributed by atoms with van der Waals surface area (Å²) in [5, 5.41) is 7.49. The maximum absolute atomic E-state index is 12.8. The molecule has 1 saturated heterocycles. The van der Waals surface area contributed by atoms with Gasteiger partial charge in [-0.05, 0) is 37.1 Å². The number of amides is 2. The molecular formula is C21H22N4O3. The van der Waals surface area contributed by atoms with Crippen LogP contribution in [0.5, 0.6) is 0 Å². The summed E-state index contributed by atoms with van der Waals surface area (Å²) >= 11 is 0. The van der Waals surface area contributed by atoms with Crippen molar-refractivity contribution >= 4 is 11.8 Å². The number of carbonyl (C=O) groups is 2. The molecule has 7 nitrogen and oxygen atoms in total. The molecule has 0 aliphatic carbocycles. The van der Waals surface area contributed by atoms with Gasteiger partial charge in [-0.3, -0.25) is 9.59 Å². The van der Waals surface area contributed by atoms with Gasteiger partial charge in [-0.25, -0.2) is 4.68 Å². The highest BCUT2D eigenvalue weighted by Gasteiger charge is 2.20. The monoisotopic (exact) mass is 378 g/mol. The number of para-hydroxylation sites is 1. The van der Waals surface area contributed by atoms with Gasteiger partial charge in [0.1, 0.15) is 11.4 Å². The van der Waals surface area contributed by atoms with Crippen LogP contribution in [0, 0.1) is 0 Å². The average molecular weight is 378 g/mol. The van der Waals surface area contributed by atoms with E-state index in [-0.39, 0.29) is 11.8 Å². The first-order chi connectivity index (χ1) is 13.7. The van der Waals surface area contributed by atoms with Crippen LogP contribution in [0.15, 0.2) is 59.2 Å². The van der Waals surface area contributed by atoms with Crippen molar-refractivity contribution in [3.05, 3.63) is 60.5 Å². The van der Waals surface area contributed by atoms with Crippen LogP contribution in [0.4, 0.5) is 0 Å². The molecule has 7 heteroatoms. The number of furan rings is 1. The Labute approximate surface area is 162 Å². The van der Waals surface area contributed by atoms with Crippen LogP contribution < -0.4 is 5.32 Å². The first-order valence-corrected chi connectivity index (χ1v) is 9.48. The van der Waals surface area contributed by atoms with E-state index in [9.17, 15) is 9.59 Å². The molecule has 1 fully saturated rings. The SMILES string of the molecule is O=C(NCCCN1CCCC1=O)c1cc(-c2ccco2)nn1-c1ccccc1. The largest absolute Gasteiger partial charge is 0.463 e. The van der Waals surface area contributed by atoms with E-state index in [0.717, 1.165) is 25.1 Å². The van der Waals surface area contributed by atoms with Crippen LogP contribution in [0.1, 0.15) is 29.8 Å². The number of nitrogens with zero attached hydrogens (tertiary/aromatic N) is 3. The molecule has 144 valence electrons. The predicted molar refractivity (Wildman–Crippen MR) is 104 cm³/mol. The Morgan fingerprint density at radius 2 is 2.04 bits per heavy atom. The van der Waals surface area contributed by atoms with Crippen LogP contribution in [0.3, 0.4) is 0 Å². The zero-order chi connectivity index (χ0) is 19.3. The molecule has 0 atom stereocenters. The van der Waals surface area contributed by atoms with Gasteiger partial charge in [0, 0.05) is 32.1 Å². The van der Waals surface area contributed by atoms with E-state index < -0.39 is 0 Å². The minimum Gasteiger partial charge on any atom is -0.463 e. The summed E-state index contributed by atoms with van der Waals surface area (Å²) in [6.45, 7) is 1.99. The molecule has 4 rings (SSSR count). The first kappa shape index (κ1) is 18.0. The van der Waals surface area contributed by atoms with Gasteiger partial charge in [0.25, 0.3) is 5.91 Å². The number of rotatable bonds is 7. The lowest BCUT2D eigenvalue weighted by atomic mass is 10.2. The number of nitrogens with one attached hydrogen (secondary N) is 1. The van der Waals surface area contributed by atoms with Gasteiger partial charge in [0.15, 0.2) is 5.76 Å². The molecule has 1 aromatic carbocycles. The van der Waals surface area contributed by atoms with Crippen LogP contribution in [-0.2, 0) is 4.79 Å². The smallest absolute Gasteiger partial charge is 0.270 e. The Morgan fingerprint density at radius 1 is 1.18 bits per heavy atom. The van der Waals surface area contributed by atoms with Crippen LogP contribution in [0.25, 0.3) is 17.1 Å². The van der Waals surface area contributed by atoms with E-state index in [1.165, 1.54) is 0 Å². The van der Waals surface area contributed by atoms with Crippen LogP contribution in [0.2, 0.25) is 0 Å². The highest BCUT2D eigenvalue weighted by atomic mass is 16.3. The molecule has 28 heavy (non-hydrogen) atoms. The van der Waals surface area contributed by atoms with E-state index in [0.29, 0.717) is 36.7 Å². The third kappa shape index (κ3) is 3.83. The summed E-state index contributed by atoms with van der Waals surface area (Å²) in [5.41, 5.74) is 1.84. The van der Waals surface area contributed by atoms with Gasteiger partial charge >= 0.3 is 0 Å². The Balaban J connectivity index is 1.47. The Morgan fingerprint density at radius 3 is 2.75 bits per heavy atom. The number of carbonyl (C=O) groups excluding carboxylic acids is 2. The fraction of sp³-hybridized carbons (Fsp3) is 0.286. The van der Waals surface area contributed by atoms with E-state index in [2.05, 4.69) is 10.4 Å². The Kier molecular flexibility index (Phi) is 5.23. The Bertz CT molecular complexity index is 947. The lowest BCUT2D eigenvalue weighted by molar-refractivity contribution is -0.127. The van der Waals surface area contributed by atoms with Gasteiger partial charge < -0.3 is 14.6 Å². The summed E-state index contributed by atoms with van der Waals surface area (Å²) in [6, 6.07) is 14.8. The maximum atomic E-state index is 12.8.